The smallest absolute Gasteiger partial charge is 0.166 e. The van der Waals surface area contributed by atoms with Gasteiger partial charge >= 0.3 is 0 Å². The molecule has 0 aliphatic carbocycles. The van der Waals surface area contributed by atoms with Crippen molar-refractivity contribution in [3.05, 3.63) is 48.0 Å². The maximum absolute atomic E-state index is 12.6. The highest BCUT2D eigenvalue weighted by molar-refractivity contribution is 6.09. The average Bonchev–Trinajstić information content (AvgIpc) is 2.38. The van der Waals surface area contributed by atoms with Crippen molar-refractivity contribution in [1.29, 1.82) is 0 Å². The molecule has 18 heavy (non-hydrogen) atoms. The van der Waals surface area contributed by atoms with Gasteiger partial charge in [0.05, 0.1) is 0 Å². The monoisotopic (exact) mass is 240 g/mol. The first-order chi connectivity index (χ1) is 8.65. The van der Waals surface area contributed by atoms with E-state index in [2.05, 4.69) is 32.9 Å². The molecule has 0 saturated heterocycles. The number of rotatable bonds is 4. The zero-order chi connectivity index (χ0) is 13.1. The molecule has 0 N–H and O–H groups in total. The standard InChI is InChI=1S/C17H20O/c1-4-14(12(2)3)17(18)16-11-7-9-13-8-5-6-10-15(13)16/h5-12,14H,4H2,1-3H3. The SMILES string of the molecule is CCC(C(=O)c1cccc2ccccc12)C(C)C. The Morgan fingerprint density at radius 2 is 1.72 bits per heavy atom. The molecule has 0 saturated carbocycles. The molecule has 0 fully saturated rings. The van der Waals surface area contributed by atoms with Gasteiger partial charge in [-0.15, -0.1) is 0 Å². The maximum atomic E-state index is 12.6. The van der Waals surface area contributed by atoms with Crippen LogP contribution in [0.3, 0.4) is 0 Å². The summed E-state index contributed by atoms with van der Waals surface area (Å²) in [7, 11) is 0. The number of hydrogen-bond donors (Lipinski definition) is 0. The molecule has 2 aromatic rings. The van der Waals surface area contributed by atoms with E-state index in [1.807, 2.05) is 30.3 Å². The van der Waals surface area contributed by atoms with E-state index >= 15 is 0 Å². The molecule has 0 aliphatic heterocycles. The number of carbonyl (C=O) groups excluding carboxylic acids is 1. The van der Waals surface area contributed by atoms with Crippen molar-refractivity contribution >= 4 is 16.6 Å². The summed E-state index contributed by atoms with van der Waals surface area (Å²) in [6, 6.07) is 14.1. The van der Waals surface area contributed by atoms with E-state index in [1.54, 1.807) is 0 Å². The van der Waals surface area contributed by atoms with Crippen LogP contribution in [0.4, 0.5) is 0 Å². The molecule has 1 nitrogen and oxygen atoms in total. The second kappa shape index (κ2) is 5.34. The van der Waals surface area contributed by atoms with Crippen molar-refractivity contribution in [2.24, 2.45) is 11.8 Å². The summed E-state index contributed by atoms with van der Waals surface area (Å²) in [4.78, 5) is 12.6. The number of hydrogen-bond acceptors (Lipinski definition) is 1. The zero-order valence-electron chi connectivity index (χ0n) is 11.3. The van der Waals surface area contributed by atoms with Gasteiger partial charge in [0.1, 0.15) is 0 Å². The lowest BCUT2D eigenvalue weighted by Gasteiger charge is -2.18. The highest BCUT2D eigenvalue weighted by atomic mass is 16.1. The molecule has 1 heteroatoms. The Kier molecular flexibility index (Phi) is 3.81. The van der Waals surface area contributed by atoms with E-state index in [1.165, 1.54) is 0 Å². The van der Waals surface area contributed by atoms with E-state index in [4.69, 9.17) is 0 Å². The Morgan fingerprint density at radius 3 is 2.39 bits per heavy atom. The third kappa shape index (κ3) is 2.31. The minimum absolute atomic E-state index is 0.121. The molecule has 0 aromatic heterocycles. The highest BCUT2D eigenvalue weighted by Gasteiger charge is 2.22. The Labute approximate surface area is 109 Å². The minimum Gasteiger partial charge on any atom is -0.294 e. The predicted octanol–water partition coefficient (Wildman–Crippen LogP) is 4.70. The quantitative estimate of drug-likeness (QED) is 0.708. The van der Waals surface area contributed by atoms with E-state index < -0.39 is 0 Å². The molecule has 1 unspecified atom stereocenters. The van der Waals surface area contributed by atoms with Crippen molar-refractivity contribution < 1.29 is 4.79 Å². The summed E-state index contributed by atoms with van der Waals surface area (Å²) in [5.41, 5.74) is 0.869. The fourth-order valence-electron chi connectivity index (χ4n) is 2.60. The Bertz CT molecular complexity index is 549. The van der Waals surface area contributed by atoms with Crippen LogP contribution < -0.4 is 0 Å². The molecular formula is C17H20O. The van der Waals surface area contributed by atoms with Gasteiger partial charge < -0.3 is 0 Å². The van der Waals surface area contributed by atoms with Gasteiger partial charge in [-0.1, -0.05) is 63.2 Å². The molecule has 0 aliphatic rings. The van der Waals surface area contributed by atoms with Crippen molar-refractivity contribution in [3.8, 4) is 0 Å². The second-order valence-electron chi connectivity index (χ2n) is 5.15. The lowest BCUT2D eigenvalue weighted by atomic mass is 9.84. The van der Waals surface area contributed by atoms with Crippen molar-refractivity contribution in [2.45, 2.75) is 27.2 Å². The molecule has 0 radical (unpaired) electrons. The van der Waals surface area contributed by atoms with E-state index in [-0.39, 0.29) is 11.7 Å². The van der Waals surface area contributed by atoms with Crippen LogP contribution in [0.2, 0.25) is 0 Å². The summed E-state index contributed by atoms with van der Waals surface area (Å²) < 4.78 is 0. The summed E-state index contributed by atoms with van der Waals surface area (Å²) in [6.45, 7) is 6.34. The normalized spacial score (nSPS) is 12.9. The number of carbonyl (C=O) groups is 1. The largest absolute Gasteiger partial charge is 0.294 e. The molecule has 0 amide bonds. The van der Waals surface area contributed by atoms with Gasteiger partial charge in [0, 0.05) is 11.5 Å². The molecular weight excluding hydrogens is 220 g/mol. The fraction of sp³-hybridized carbons (Fsp3) is 0.353. The van der Waals surface area contributed by atoms with Gasteiger partial charge in [0.25, 0.3) is 0 Å². The van der Waals surface area contributed by atoms with Crippen LogP contribution in [0, 0.1) is 11.8 Å². The first kappa shape index (κ1) is 12.8. The Balaban J connectivity index is 2.51. The molecule has 0 bridgehead atoms. The third-order valence-electron chi connectivity index (χ3n) is 3.64. The van der Waals surface area contributed by atoms with Crippen molar-refractivity contribution in [2.75, 3.05) is 0 Å². The Morgan fingerprint density at radius 1 is 1.06 bits per heavy atom. The van der Waals surface area contributed by atoms with Crippen molar-refractivity contribution in [3.63, 3.8) is 0 Å². The van der Waals surface area contributed by atoms with Gasteiger partial charge in [-0.05, 0) is 23.1 Å². The first-order valence-corrected chi connectivity index (χ1v) is 6.67. The van der Waals surface area contributed by atoms with Crippen LogP contribution in [-0.2, 0) is 0 Å². The second-order valence-corrected chi connectivity index (χ2v) is 5.15. The highest BCUT2D eigenvalue weighted by Crippen LogP contribution is 2.25. The molecule has 1 atom stereocenters. The van der Waals surface area contributed by atoms with Crippen molar-refractivity contribution in [1.82, 2.24) is 0 Å². The average molecular weight is 240 g/mol. The maximum Gasteiger partial charge on any atom is 0.166 e. The number of ketones is 1. The summed E-state index contributed by atoms with van der Waals surface area (Å²) >= 11 is 0. The molecule has 2 aromatic carbocycles. The van der Waals surface area contributed by atoms with Gasteiger partial charge in [0.15, 0.2) is 5.78 Å². The fourth-order valence-corrected chi connectivity index (χ4v) is 2.60. The van der Waals surface area contributed by atoms with Crippen LogP contribution in [0.1, 0.15) is 37.6 Å². The predicted molar refractivity (Wildman–Crippen MR) is 76.9 cm³/mol. The third-order valence-corrected chi connectivity index (χ3v) is 3.64. The van der Waals surface area contributed by atoms with Crippen LogP contribution in [0.15, 0.2) is 42.5 Å². The zero-order valence-corrected chi connectivity index (χ0v) is 11.3. The molecule has 0 heterocycles. The molecule has 0 spiro atoms. The first-order valence-electron chi connectivity index (χ1n) is 6.67. The summed E-state index contributed by atoms with van der Waals surface area (Å²) in [6.07, 6.45) is 0.903. The van der Waals surface area contributed by atoms with Crippen LogP contribution in [-0.4, -0.2) is 5.78 Å². The number of fused-ring (bicyclic) bond motifs is 1. The summed E-state index contributed by atoms with van der Waals surface area (Å²) in [5.74, 6) is 0.793. The van der Waals surface area contributed by atoms with Crippen LogP contribution in [0.25, 0.3) is 10.8 Å². The lowest BCUT2D eigenvalue weighted by Crippen LogP contribution is -2.19. The van der Waals surface area contributed by atoms with E-state index in [9.17, 15) is 4.79 Å². The van der Waals surface area contributed by atoms with E-state index in [0.717, 1.165) is 22.8 Å². The topological polar surface area (TPSA) is 17.1 Å². The molecule has 2 rings (SSSR count). The van der Waals surface area contributed by atoms with Crippen LogP contribution in [0.5, 0.6) is 0 Å². The lowest BCUT2D eigenvalue weighted by molar-refractivity contribution is 0.0883. The number of benzene rings is 2. The van der Waals surface area contributed by atoms with E-state index in [0.29, 0.717) is 5.92 Å². The molecule has 94 valence electrons. The van der Waals surface area contributed by atoms with Gasteiger partial charge in [-0.3, -0.25) is 4.79 Å². The van der Waals surface area contributed by atoms with Gasteiger partial charge in [-0.2, -0.15) is 0 Å². The minimum atomic E-state index is 0.121. The Hall–Kier alpha value is -1.63. The van der Waals surface area contributed by atoms with Gasteiger partial charge in [0.2, 0.25) is 0 Å². The van der Waals surface area contributed by atoms with Gasteiger partial charge in [-0.25, -0.2) is 0 Å². The number of Topliss-reactive ketones (excluding diaryl/α,β-unsaturated/α-hetero) is 1. The van der Waals surface area contributed by atoms with Crippen LogP contribution >= 0.6 is 0 Å². The summed E-state index contributed by atoms with van der Waals surface area (Å²) in [5, 5.41) is 2.21.